The number of furan rings is 1. The summed E-state index contributed by atoms with van der Waals surface area (Å²) in [6, 6.07) is 9.50. The van der Waals surface area contributed by atoms with E-state index in [1.807, 2.05) is 25.1 Å². The summed E-state index contributed by atoms with van der Waals surface area (Å²) in [5.74, 6) is 1.77. The van der Waals surface area contributed by atoms with Crippen LogP contribution in [0.2, 0.25) is 0 Å². The zero-order chi connectivity index (χ0) is 12.5. The predicted octanol–water partition coefficient (Wildman–Crippen LogP) is 3.50. The zero-order valence-electron chi connectivity index (χ0n) is 10.4. The maximum atomic E-state index is 13.6. The molecule has 0 spiro atoms. The van der Waals surface area contributed by atoms with Gasteiger partial charge in [-0.3, -0.25) is 0 Å². The Balaban J connectivity index is 1.71. The Kier molecular flexibility index (Phi) is 2.92. The van der Waals surface area contributed by atoms with E-state index in [0.29, 0.717) is 6.54 Å². The molecule has 2 aromatic rings. The van der Waals surface area contributed by atoms with Gasteiger partial charge in [-0.15, -0.1) is 0 Å². The molecule has 0 radical (unpaired) electrons. The zero-order valence-corrected chi connectivity index (χ0v) is 10.4. The largest absolute Gasteiger partial charge is 0.465 e. The second kappa shape index (κ2) is 4.58. The summed E-state index contributed by atoms with van der Waals surface area (Å²) in [6.45, 7) is 2.62. The molecule has 2 nitrogen and oxygen atoms in total. The summed E-state index contributed by atoms with van der Waals surface area (Å²) in [7, 11) is 0. The molecule has 0 amide bonds. The second-order valence-corrected chi connectivity index (χ2v) is 4.79. The minimum Gasteiger partial charge on any atom is -0.465 e. The highest BCUT2D eigenvalue weighted by molar-refractivity contribution is 5.35. The third-order valence-corrected chi connectivity index (χ3v) is 3.53. The topological polar surface area (TPSA) is 25.2 Å². The van der Waals surface area contributed by atoms with Crippen LogP contribution in [0.5, 0.6) is 0 Å². The Bertz CT molecular complexity index is 561. The van der Waals surface area contributed by atoms with E-state index in [1.165, 1.54) is 6.07 Å². The summed E-state index contributed by atoms with van der Waals surface area (Å²) in [6.07, 6.45) is 1.77. The lowest BCUT2D eigenvalue weighted by Gasteiger charge is -2.12. The van der Waals surface area contributed by atoms with Gasteiger partial charge in [-0.2, -0.15) is 0 Å². The van der Waals surface area contributed by atoms with E-state index in [2.05, 4.69) is 5.32 Å². The molecule has 3 rings (SSSR count). The quantitative estimate of drug-likeness (QED) is 0.895. The van der Waals surface area contributed by atoms with Crippen molar-refractivity contribution < 1.29 is 8.81 Å². The molecule has 1 aromatic carbocycles. The normalized spacial score (nSPS) is 18.0. The van der Waals surface area contributed by atoms with E-state index in [0.717, 1.165) is 35.5 Å². The maximum absolute atomic E-state index is 13.6. The Morgan fingerprint density at radius 3 is 3.00 bits per heavy atom. The SMILES string of the molecule is Cc1ccc(CNC2CCc3c(F)cccc32)o1. The van der Waals surface area contributed by atoms with Crippen LogP contribution in [-0.2, 0) is 13.0 Å². The van der Waals surface area contributed by atoms with E-state index < -0.39 is 0 Å². The van der Waals surface area contributed by atoms with Crippen molar-refractivity contribution in [3.63, 3.8) is 0 Å². The number of rotatable bonds is 3. The summed E-state index contributed by atoms with van der Waals surface area (Å²) < 4.78 is 19.1. The van der Waals surface area contributed by atoms with E-state index in [-0.39, 0.29) is 11.9 Å². The van der Waals surface area contributed by atoms with Crippen molar-refractivity contribution in [2.24, 2.45) is 0 Å². The minimum atomic E-state index is -0.0781. The number of benzene rings is 1. The fourth-order valence-corrected chi connectivity index (χ4v) is 2.63. The third kappa shape index (κ3) is 2.06. The first kappa shape index (κ1) is 11.5. The van der Waals surface area contributed by atoms with Crippen LogP contribution in [0.4, 0.5) is 4.39 Å². The molecule has 1 aliphatic carbocycles. The Labute approximate surface area is 106 Å². The smallest absolute Gasteiger partial charge is 0.126 e. The van der Waals surface area contributed by atoms with E-state index in [1.54, 1.807) is 6.07 Å². The molecular formula is C15H16FNO. The van der Waals surface area contributed by atoms with Crippen molar-refractivity contribution in [3.8, 4) is 0 Å². The molecule has 0 bridgehead atoms. The molecular weight excluding hydrogens is 229 g/mol. The van der Waals surface area contributed by atoms with Crippen molar-refractivity contribution in [3.05, 3.63) is 58.8 Å². The average molecular weight is 245 g/mol. The molecule has 94 valence electrons. The van der Waals surface area contributed by atoms with E-state index >= 15 is 0 Å². The number of fused-ring (bicyclic) bond motifs is 1. The van der Waals surface area contributed by atoms with Gasteiger partial charge in [0.05, 0.1) is 6.54 Å². The number of nitrogens with one attached hydrogen (secondary N) is 1. The average Bonchev–Trinajstić information content (AvgIpc) is 2.94. The van der Waals surface area contributed by atoms with Crippen molar-refractivity contribution in [1.29, 1.82) is 0 Å². The van der Waals surface area contributed by atoms with Gasteiger partial charge in [-0.05, 0) is 49.1 Å². The van der Waals surface area contributed by atoms with Crippen LogP contribution >= 0.6 is 0 Å². The van der Waals surface area contributed by atoms with Gasteiger partial charge in [0.2, 0.25) is 0 Å². The first-order valence-electron chi connectivity index (χ1n) is 6.30. The summed E-state index contributed by atoms with van der Waals surface area (Å²) >= 11 is 0. The highest BCUT2D eigenvalue weighted by atomic mass is 19.1. The molecule has 1 atom stereocenters. The lowest BCUT2D eigenvalue weighted by molar-refractivity contribution is 0.434. The predicted molar refractivity (Wildman–Crippen MR) is 67.7 cm³/mol. The van der Waals surface area contributed by atoms with Crippen LogP contribution in [-0.4, -0.2) is 0 Å². The second-order valence-electron chi connectivity index (χ2n) is 4.79. The number of hydrogen-bond donors (Lipinski definition) is 1. The maximum Gasteiger partial charge on any atom is 0.126 e. The Morgan fingerprint density at radius 2 is 2.22 bits per heavy atom. The van der Waals surface area contributed by atoms with E-state index in [9.17, 15) is 4.39 Å². The van der Waals surface area contributed by atoms with Crippen molar-refractivity contribution >= 4 is 0 Å². The third-order valence-electron chi connectivity index (χ3n) is 3.53. The van der Waals surface area contributed by atoms with Crippen LogP contribution in [0.15, 0.2) is 34.7 Å². The monoisotopic (exact) mass is 245 g/mol. The molecule has 3 heteroatoms. The molecule has 0 saturated carbocycles. The molecule has 18 heavy (non-hydrogen) atoms. The molecule has 1 aromatic heterocycles. The molecule has 1 unspecified atom stereocenters. The lowest BCUT2D eigenvalue weighted by Crippen LogP contribution is -2.18. The number of hydrogen-bond acceptors (Lipinski definition) is 2. The number of aryl methyl sites for hydroxylation is 1. The molecule has 1 N–H and O–H groups in total. The van der Waals surface area contributed by atoms with Gasteiger partial charge in [-0.1, -0.05) is 12.1 Å². The summed E-state index contributed by atoms with van der Waals surface area (Å²) in [5, 5.41) is 3.43. The van der Waals surface area contributed by atoms with Crippen LogP contribution in [0, 0.1) is 12.7 Å². The Morgan fingerprint density at radius 1 is 1.33 bits per heavy atom. The van der Waals surface area contributed by atoms with Crippen LogP contribution in [0.25, 0.3) is 0 Å². The molecule has 0 aliphatic heterocycles. The fraction of sp³-hybridized carbons (Fsp3) is 0.333. The van der Waals surface area contributed by atoms with Gasteiger partial charge < -0.3 is 9.73 Å². The van der Waals surface area contributed by atoms with E-state index in [4.69, 9.17) is 4.42 Å². The van der Waals surface area contributed by atoms with Gasteiger partial charge in [0.15, 0.2) is 0 Å². The highest BCUT2D eigenvalue weighted by Crippen LogP contribution is 2.32. The van der Waals surface area contributed by atoms with Crippen LogP contribution in [0.1, 0.15) is 35.1 Å². The molecule has 1 heterocycles. The van der Waals surface area contributed by atoms with Crippen molar-refractivity contribution in [2.45, 2.75) is 32.4 Å². The van der Waals surface area contributed by atoms with Gasteiger partial charge >= 0.3 is 0 Å². The van der Waals surface area contributed by atoms with Gasteiger partial charge in [0.1, 0.15) is 17.3 Å². The van der Waals surface area contributed by atoms with Gasteiger partial charge in [0.25, 0.3) is 0 Å². The number of halogens is 1. The first-order valence-corrected chi connectivity index (χ1v) is 6.30. The summed E-state index contributed by atoms with van der Waals surface area (Å²) in [4.78, 5) is 0. The Hall–Kier alpha value is -1.61. The standard InChI is InChI=1S/C15H16FNO/c1-10-5-6-11(18-10)9-17-15-8-7-12-13(15)3-2-4-14(12)16/h2-6,15,17H,7-9H2,1H3. The molecule has 0 fully saturated rings. The molecule has 1 aliphatic rings. The van der Waals surface area contributed by atoms with Gasteiger partial charge in [0, 0.05) is 6.04 Å². The minimum absolute atomic E-state index is 0.0781. The lowest BCUT2D eigenvalue weighted by atomic mass is 10.1. The summed E-state index contributed by atoms with van der Waals surface area (Å²) in [5.41, 5.74) is 1.96. The van der Waals surface area contributed by atoms with Crippen LogP contribution < -0.4 is 5.32 Å². The highest BCUT2D eigenvalue weighted by Gasteiger charge is 2.24. The fourth-order valence-electron chi connectivity index (χ4n) is 2.63. The van der Waals surface area contributed by atoms with Crippen LogP contribution in [0.3, 0.4) is 0 Å². The van der Waals surface area contributed by atoms with Crippen molar-refractivity contribution in [1.82, 2.24) is 5.32 Å². The first-order chi connectivity index (χ1) is 8.74. The van der Waals surface area contributed by atoms with Gasteiger partial charge in [-0.25, -0.2) is 4.39 Å². The van der Waals surface area contributed by atoms with Crippen molar-refractivity contribution in [2.75, 3.05) is 0 Å². The molecule has 0 saturated heterocycles.